The van der Waals surface area contributed by atoms with Crippen molar-refractivity contribution in [3.63, 3.8) is 0 Å². The summed E-state index contributed by atoms with van der Waals surface area (Å²) in [4.78, 5) is 129. The summed E-state index contributed by atoms with van der Waals surface area (Å²) in [6, 6.07) is 79.4. The highest BCUT2D eigenvalue weighted by Gasteiger charge is 2.25. The second-order valence-electron chi connectivity index (χ2n) is 27.5. The Labute approximate surface area is 724 Å². The third-order valence-corrected chi connectivity index (χ3v) is 18.6. The highest BCUT2D eigenvalue weighted by atomic mass is 19.1. The SMILES string of the molecule is C#Cc1ccc(C(=O)Nc2nc(NC(=O)c3ccc(N=[N+]=[N-])cc3)n(-c3ccccc3)n2)cc1.Cc1ccc(-n2nc(NC(=O)c3ccccc3C)nc2NC(=O)c2ccccc2C)cc1.Cc1ccccc1C(=O)Nc1nc(NC(=O)c2ccccc2C)n(-c2ccccc2F)n1.O=C(Nc1nc(NC(=O)c2ccncc2)n(-c2ccccc2)n1)c1ccncc1. The number of nitrogens with one attached hydrogen (secondary N) is 8. The van der Waals surface area contributed by atoms with Gasteiger partial charge in [0.25, 0.3) is 71.1 Å². The molecule has 626 valence electrons. The van der Waals surface area contributed by atoms with Gasteiger partial charge in [-0.1, -0.05) is 162 Å². The van der Waals surface area contributed by atoms with Gasteiger partial charge in [0.1, 0.15) is 11.5 Å². The Morgan fingerprint density at radius 2 is 0.622 bits per heavy atom. The number of rotatable bonds is 21. The molecule has 0 bridgehead atoms. The lowest BCUT2D eigenvalue weighted by molar-refractivity contribution is 0.101. The van der Waals surface area contributed by atoms with Crippen molar-refractivity contribution in [2.24, 2.45) is 5.11 Å². The molecule has 0 aliphatic carbocycles. The molecule has 127 heavy (non-hydrogen) atoms. The van der Waals surface area contributed by atoms with Gasteiger partial charge in [0.2, 0.25) is 23.8 Å². The molecule has 6 heterocycles. The Kier molecular flexibility index (Phi) is 28.0. The van der Waals surface area contributed by atoms with Gasteiger partial charge in [0.05, 0.1) is 17.1 Å². The lowest BCUT2D eigenvalue weighted by atomic mass is 10.1. The summed E-state index contributed by atoms with van der Waals surface area (Å²) in [5.74, 6) is -0.621. The summed E-state index contributed by atoms with van der Waals surface area (Å²) in [5, 5.41) is 42.3. The van der Waals surface area contributed by atoms with E-state index in [9.17, 15) is 42.7 Å². The Bertz CT molecular complexity index is 6800. The molecular formula is C93H74FN25O8. The molecule has 0 aliphatic heterocycles. The van der Waals surface area contributed by atoms with Gasteiger partial charge >= 0.3 is 0 Å². The van der Waals surface area contributed by atoms with Crippen LogP contribution in [0.25, 0.3) is 33.2 Å². The van der Waals surface area contributed by atoms with Crippen molar-refractivity contribution in [2.75, 3.05) is 42.5 Å². The molecule has 8 N–H and O–H groups in total. The highest BCUT2D eigenvalue weighted by molar-refractivity contribution is 6.09. The molecule has 6 aromatic heterocycles. The van der Waals surface area contributed by atoms with Crippen LogP contribution in [0.3, 0.4) is 0 Å². The molecule has 0 spiro atoms. The monoisotopic (exact) mass is 1690 g/mol. The van der Waals surface area contributed by atoms with Crippen LogP contribution in [-0.2, 0) is 0 Å². The molecule has 0 fully saturated rings. The Morgan fingerprint density at radius 1 is 0.331 bits per heavy atom. The van der Waals surface area contributed by atoms with Crippen LogP contribution in [0.5, 0.6) is 0 Å². The zero-order valence-corrected chi connectivity index (χ0v) is 68.2. The van der Waals surface area contributed by atoms with Crippen LogP contribution in [0.2, 0.25) is 0 Å². The number of pyridine rings is 2. The number of aryl methyl sites for hydroxylation is 5. The maximum Gasteiger partial charge on any atom is 0.258 e. The normalized spacial score (nSPS) is 10.4. The number of para-hydroxylation sites is 3. The van der Waals surface area contributed by atoms with Crippen LogP contribution in [0, 0.1) is 52.8 Å². The van der Waals surface area contributed by atoms with Crippen molar-refractivity contribution in [1.82, 2.24) is 69.0 Å². The third kappa shape index (κ3) is 22.4. The minimum Gasteiger partial charge on any atom is -0.290 e. The Morgan fingerprint density at radius 3 is 0.984 bits per heavy atom. The van der Waals surface area contributed by atoms with E-state index in [0.29, 0.717) is 72.8 Å². The molecule has 8 amide bonds. The maximum absolute atomic E-state index is 14.5. The van der Waals surface area contributed by atoms with E-state index in [1.165, 1.54) is 75.2 Å². The summed E-state index contributed by atoms with van der Waals surface area (Å²) >= 11 is 0. The molecule has 0 atom stereocenters. The minimum atomic E-state index is -0.555. The van der Waals surface area contributed by atoms with E-state index in [2.05, 4.69) is 109 Å². The fourth-order valence-electron chi connectivity index (χ4n) is 12.1. The zero-order valence-electron chi connectivity index (χ0n) is 68.2. The summed E-state index contributed by atoms with van der Waals surface area (Å²) in [6.07, 6.45) is 11.4. The molecule has 0 radical (unpaired) electrons. The topological polar surface area (TPSA) is 430 Å². The lowest BCUT2D eigenvalue weighted by Crippen LogP contribution is -2.17. The number of anilines is 8. The average molecular weight is 1690 g/mol. The fraction of sp³-hybridized carbons (Fsp3) is 0.0538. The number of terminal acetylenes is 1. The van der Waals surface area contributed by atoms with E-state index in [1.807, 2.05) is 156 Å². The van der Waals surface area contributed by atoms with Gasteiger partial charge in [-0.05, 0) is 196 Å². The molecule has 33 nitrogen and oxygen atoms in total. The van der Waals surface area contributed by atoms with Crippen LogP contribution in [0.1, 0.15) is 116 Å². The number of amides is 8. The molecule has 0 saturated carbocycles. The van der Waals surface area contributed by atoms with E-state index < -0.39 is 29.4 Å². The fourth-order valence-corrected chi connectivity index (χ4v) is 12.1. The first-order valence-electron chi connectivity index (χ1n) is 38.7. The summed E-state index contributed by atoms with van der Waals surface area (Å²) in [6.45, 7) is 9.34. The number of hydrogen-bond donors (Lipinski definition) is 8. The quantitative estimate of drug-likeness (QED) is 0.0143. The third-order valence-electron chi connectivity index (χ3n) is 18.6. The van der Waals surface area contributed by atoms with Crippen molar-refractivity contribution >= 4 is 101 Å². The standard InChI is InChI=1S/C25H23N5O2.C24H20FN5O2.C24H16N8O2.C20H15N7O2/c1-16-12-14-19(15-13-16)30-25(27-23(32)21-11-7-5-9-18(21)3)28-24(29-30)26-22(31)20-10-6-4-8-17(20)2;1-15-9-3-5-11-17(15)21(31)26-23-28-24(27-22(32)18-12-6-4-10-16(18)2)30(29-23)20-14-8-7-13-19(20)25;1-2-16-8-10-17(11-9-16)21(33)26-23-28-24(32(30-23)20-6-4-3-5-7-20)27-22(34)18-12-14-19(15-13-18)29-31-25;28-17(14-6-10-21-11-7-14)23-19-25-20(24-18(29)15-8-12-22-13-9-15)27(26-19)16-4-2-1-3-5-16/h4-15H,1-3H3,(H2,26,27,28,29,31,32);3-14H,1-2H3,(H2,26,27,28,29,31,32);1,3-15H,(H2,26,27,28,30,33,34);1-13H,(H2,23,24,25,26,28,29). The summed E-state index contributed by atoms with van der Waals surface area (Å²) in [5.41, 5.74) is 19.5. The van der Waals surface area contributed by atoms with E-state index in [0.717, 1.165) is 32.5 Å². The van der Waals surface area contributed by atoms with E-state index >= 15 is 0 Å². The van der Waals surface area contributed by atoms with E-state index in [-0.39, 0.29) is 76.9 Å². The minimum absolute atomic E-state index is 0.00360. The molecule has 10 aromatic carbocycles. The molecule has 16 aromatic rings. The number of carbonyl (C=O) groups excluding carboxylic acids is 8. The van der Waals surface area contributed by atoms with Gasteiger partial charge < -0.3 is 0 Å². The predicted octanol–water partition coefficient (Wildman–Crippen LogP) is 16.5. The van der Waals surface area contributed by atoms with E-state index in [1.54, 1.807) is 121 Å². The Hall–Kier alpha value is -18.4. The van der Waals surface area contributed by atoms with Crippen LogP contribution in [0.4, 0.5) is 57.7 Å². The number of hydrogen-bond acceptors (Lipinski definition) is 19. The van der Waals surface area contributed by atoms with Gasteiger partial charge in [-0.2, -0.15) is 38.7 Å². The van der Waals surface area contributed by atoms with Crippen LogP contribution < -0.4 is 42.5 Å². The largest absolute Gasteiger partial charge is 0.290 e. The first-order valence-corrected chi connectivity index (χ1v) is 38.7. The van der Waals surface area contributed by atoms with E-state index in [4.69, 9.17) is 12.0 Å². The first-order chi connectivity index (χ1) is 61.6. The van der Waals surface area contributed by atoms with Gasteiger partial charge in [-0.15, -0.1) is 26.8 Å². The number of azide groups is 1. The van der Waals surface area contributed by atoms with Gasteiger partial charge in [-0.25, -0.2) is 4.39 Å². The molecule has 0 saturated heterocycles. The number of benzene rings is 10. The maximum atomic E-state index is 14.5. The highest BCUT2D eigenvalue weighted by Crippen LogP contribution is 2.27. The van der Waals surface area contributed by atoms with Gasteiger partial charge in [0.15, 0.2) is 0 Å². The molecular weight excluding hydrogens is 1610 g/mol. The molecule has 34 heteroatoms. The van der Waals surface area contributed by atoms with Crippen molar-refractivity contribution in [2.45, 2.75) is 34.6 Å². The smallest absolute Gasteiger partial charge is 0.258 e. The second kappa shape index (κ2) is 41.1. The first kappa shape index (κ1) is 86.5. The van der Waals surface area contributed by atoms with Crippen LogP contribution in [0.15, 0.2) is 309 Å². The predicted molar refractivity (Wildman–Crippen MR) is 477 cm³/mol. The number of nitrogens with zero attached hydrogens (tertiary/aromatic N) is 17. The molecule has 16 rings (SSSR count). The van der Waals surface area contributed by atoms with Crippen molar-refractivity contribution in [3.05, 3.63) is 398 Å². The van der Waals surface area contributed by atoms with Gasteiger partial charge in [-0.3, -0.25) is 90.9 Å². The average Bonchev–Trinajstić information content (AvgIpc) is 1.63. The number of aromatic nitrogens is 14. The summed E-state index contributed by atoms with van der Waals surface area (Å²) < 4.78 is 20.0. The molecule has 0 aliphatic rings. The molecule has 0 unspecified atom stereocenters. The van der Waals surface area contributed by atoms with Crippen molar-refractivity contribution in [3.8, 4) is 35.1 Å². The van der Waals surface area contributed by atoms with Crippen molar-refractivity contribution < 1.29 is 42.7 Å². The van der Waals surface area contributed by atoms with Crippen molar-refractivity contribution in [1.29, 1.82) is 0 Å². The van der Waals surface area contributed by atoms with Crippen LogP contribution >= 0.6 is 0 Å². The van der Waals surface area contributed by atoms with Crippen LogP contribution in [-0.4, -0.2) is 116 Å². The second-order valence-corrected chi connectivity index (χ2v) is 27.5. The lowest BCUT2D eigenvalue weighted by Gasteiger charge is -2.09. The van der Waals surface area contributed by atoms with Gasteiger partial charge in [0, 0.05) is 85.5 Å². The Balaban J connectivity index is 0.000000145. The zero-order chi connectivity index (χ0) is 89.3. The summed E-state index contributed by atoms with van der Waals surface area (Å²) in [7, 11) is 0. The number of halogens is 1. The number of carbonyl (C=O) groups is 8.